The van der Waals surface area contributed by atoms with E-state index in [1.54, 1.807) is 0 Å². The molecule has 0 fully saturated rings. The minimum absolute atomic E-state index is 0.0989. The summed E-state index contributed by atoms with van der Waals surface area (Å²) in [4.78, 5) is 2.89. The Morgan fingerprint density at radius 3 is 2.43 bits per heavy atom. The molecule has 0 aliphatic carbocycles. The van der Waals surface area contributed by atoms with Crippen molar-refractivity contribution in [1.29, 1.82) is 0 Å². The number of hydrogen-bond acceptors (Lipinski definition) is 2. The topological polar surface area (TPSA) is 60.8 Å². The van der Waals surface area contributed by atoms with Crippen molar-refractivity contribution in [3.05, 3.63) is 10.4 Å². The van der Waals surface area contributed by atoms with Crippen molar-refractivity contribution in [1.82, 2.24) is 5.32 Å². The zero-order chi connectivity index (χ0) is 10.8. The van der Waals surface area contributed by atoms with Crippen LogP contribution in [0.15, 0.2) is 5.11 Å². The smallest absolute Gasteiger partial charge is 0.0524 e. The van der Waals surface area contributed by atoms with Gasteiger partial charge in [-0.3, -0.25) is 0 Å². The van der Waals surface area contributed by atoms with E-state index in [2.05, 4.69) is 36.1 Å². The first-order chi connectivity index (χ1) is 6.79. The van der Waals surface area contributed by atoms with Crippen molar-refractivity contribution < 1.29 is 0 Å². The Hall–Kier alpha value is -0.730. The summed E-state index contributed by atoms with van der Waals surface area (Å²) < 4.78 is 0. The number of rotatable bonds is 8. The van der Waals surface area contributed by atoms with E-state index in [-0.39, 0.29) is 6.04 Å². The molecule has 1 N–H and O–H groups in total. The van der Waals surface area contributed by atoms with Crippen LogP contribution in [0.4, 0.5) is 0 Å². The van der Waals surface area contributed by atoms with Gasteiger partial charge >= 0.3 is 0 Å². The SMILES string of the molecule is CCCCNC(CC)C(CC)N=[N+]=[N-]. The monoisotopic (exact) mass is 198 g/mol. The normalized spacial score (nSPS) is 14.5. The first-order valence-electron chi connectivity index (χ1n) is 5.57. The van der Waals surface area contributed by atoms with Gasteiger partial charge in [-0.1, -0.05) is 32.3 Å². The van der Waals surface area contributed by atoms with E-state index in [0.29, 0.717) is 6.04 Å². The molecule has 0 spiro atoms. The van der Waals surface area contributed by atoms with Crippen LogP contribution in [0.25, 0.3) is 10.4 Å². The Labute approximate surface area is 86.7 Å². The lowest BCUT2D eigenvalue weighted by Crippen LogP contribution is -2.38. The lowest BCUT2D eigenvalue weighted by molar-refractivity contribution is 0.406. The summed E-state index contributed by atoms with van der Waals surface area (Å²) in [5, 5.41) is 7.25. The van der Waals surface area contributed by atoms with Crippen LogP contribution in [0, 0.1) is 0 Å². The molecule has 0 rings (SSSR count). The van der Waals surface area contributed by atoms with Crippen molar-refractivity contribution in [3.8, 4) is 0 Å². The molecule has 14 heavy (non-hydrogen) atoms. The average Bonchev–Trinajstić information content (AvgIpc) is 2.22. The second-order valence-electron chi connectivity index (χ2n) is 3.50. The molecule has 2 unspecified atom stereocenters. The molecule has 0 radical (unpaired) electrons. The molecule has 82 valence electrons. The van der Waals surface area contributed by atoms with Gasteiger partial charge in [0.25, 0.3) is 0 Å². The van der Waals surface area contributed by atoms with Crippen LogP contribution in [0.5, 0.6) is 0 Å². The molecule has 0 amide bonds. The van der Waals surface area contributed by atoms with E-state index in [1.165, 1.54) is 12.8 Å². The fourth-order valence-electron chi connectivity index (χ4n) is 1.53. The molecule has 0 bridgehead atoms. The lowest BCUT2D eigenvalue weighted by atomic mass is 10.0. The number of unbranched alkanes of at least 4 members (excludes halogenated alkanes) is 1. The maximum absolute atomic E-state index is 8.41. The number of hydrogen-bond donors (Lipinski definition) is 1. The summed E-state index contributed by atoms with van der Waals surface area (Å²) >= 11 is 0. The summed E-state index contributed by atoms with van der Waals surface area (Å²) in [5.41, 5.74) is 8.41. The third-order valence-electron chi connectivity index (χ3n) is 2.46. The standard InChI is InChI=1S/C10H22N4/c1-4-7-8-12-9(5-2)10(6-3)13-14-11/h9-10,12H,4-8H2,1-3H3. The van der Waals surface area contributed by atoms with E-state index in [1.807, 2.05) is 0 Å². The zero-order valence-electron chi connectivity index (χ0n) is 9.53. The summed E-state index contributed by atoms with van der Waals surface area (Å²) in [6, 6.07) is 0.435. The largest absolute Gasteiger partial charge is 0.314 e. The lowest BCUT2D eigenvalue weighted by Gasteiger charge is -2.22. The quantitative estimate of drug-likeness (QED) is 0.277. The fourth-order valence-corrected chi connectivity index (χ4v) is 1.53. The summed E-state index contributed by atoms with van der Waals surface area (Å²) in [6.45, 7) is 7.38. The molecular formula is C10H22N4. The molecule has 0 aromatic rings. The molecule has 0 saturated carbocycles. The second-order valence-corrected chi connectivity index (χ2v) is 3.50. The number of nitrogens with zero attached hydrogens (tertiary/aromatic N) is 3. The summed E-state index contributed by atoms with van der Waals surface area (Å²) in [5.74, 6) is 0. The molecule has 2 atom stereocenters. The van der Waals surface area contributed by atoms with Gasteiger partial charge in [-0.25, -0.2) is 0 Å². The zero-order valence-corrected chi connectivity index (χ0v) is 9.53. The highest BCUT2D eigenvalue weighted by Gasteiger charge is 2.15. The van der Waals surface area contributed by atoms with E-state index in [4.69, 9.17) is 5.53 Å². The van der Waals surface area contributed by atoms with Gasteiger partial charge in [0.05, 0.1) is 6.04 Å². The average molecular weight is 198 g/mol. The second kappa shape index (κ2) is 8.85. The van der Waals surface area contributed by atoms with Crippen LogP contribution in [0.1, 0.15) is 46.5 Å². The van der Waals surface area contributed by atoms with Crippen LogP contribution < -0.4 is 5.32 Å². The van der Waals surface area contributed by atoms with Crippen molar-refractivity contribution in [2.24, 2.45) is 5.11 Å². The Morgan fingerprint density at radius 1 is 1.29 bits per heavy atom. The molecule has 0 aromatic heterocycles. The highest BCUT2D eigenvalue weighted by atomic mass is 15.2. The van der Waals surface area contributed by atoms with Crippen molar-refractivity contribution in [2.75, 3.05) is 6.54 Å². The molecule has 0 aliphatic rings. The van der Waals surface area contributed by atoms with Crippen LogP contribution in [-0.2, 0) is 0 Å². The molecule has 0 aromatic carbocycles. The summed E-state index contributed by atoms with van der Waals surface area (Å²) in [7, 11) is 0. The van der Waals surface area contributed by atoms with Gasteiger partial charge in [-0.05, 0) is 31.3 Å². The van der Waals surface area contributed by atoms with Gasteiger partial charge in [0.15, 0.2) is 0 Å². The third-order valence-corrected chi connectivity index (χ3v) is 2.46. The minimum Gasteiger partial charge on any atom is -0.314 e. The van der Waals surface area contributed by atoms with Gasteiger partial charge in [-0.15, -0.1) is 0 Å². The van der Waals surface area contributed by atoms with Gasteiger partial charge < -0.3 is 5.32 Å². The van der Waals surface area contributed by atoms with E-state index in [0.717, 1.165) is 19.4 Å². The Balaban J connectivity index is 4.00. The van der Waals surface area contributed by atoms with Crippen LogP contribution in [0.3, 0.4) is 0 Å². The van der Waals surface area contributed by atoms with E-state index in [9.17, 15) is 0 Å². The first kappa shape index (κ1) is 13.3. The Bertz CT molecular complexity index is 175. The van der Waals surface area contributed by atoms with Crippen LogP contribution >= 0.6 is 0 Å². The Morgan fingerprint density at radius 2 is 2.00 bits per heavy atom. The van der Waals surface area contributed by atoms with Gasteiger partial charge in [0, 0.05) is 11.0 Å². The predicted molar refractivity (Wildman–Crippen MR) is 60.2 cm³/mol. The molecule has 4 heteroatoms. The van der Waals surface area contributed by atoms with Gasteiger partial charge in [0.2, 0.25) is 0 Å². The van der Waals surface area contributed by atoms with Crippen molar-refractivity contribution >= 4 is 0 Å². The molecule has 0 aliphatic heterocycles. The van der Waals surface area contributed by atoms with Gasteiger partial charge in [-0.2, -0.15) is 0 Å². The maximum atomic E-state index is 8.41. The Kier molecular flexibility index (Phi) is 8.39. The fraction of sp³-hybridized carbons (Fsp3) is 1.00. The third kappa shape index (κ3) is 5.10. The highest BCUT2D eigenvalue weighted by Crippen LogP contribution is 2.08. The van der Waals surface area contributed by atoms with Crippen molar-refractivity contribution in [2.45, 2.75) is 58.5 Å². The number of nitrogens with one attached hydrogen (secondary N) is 1. The highest BCUT2D eigenvalue weighted by molar-refractivity contribution is 4.80. The van der Waals surface area contributed by atoms with Crippen LogP contribution in [-0.4, -0.2) is 18.6 Å². The predicted octanol–water partition coefficient (Wildman–Crippen LogP) is 3.24. The van der Waals surface area contributed by atoms with E-state index >= 15 is 0 Å². The van der Waals surface area contributed by atoms with Gasteiger partial charge in [0.1, 0.15) is 0 Å². The molecule has 0 heterocycles. The van der Waals surface area contributed by atoms with Crippen molar-refractivity contribution in [3.63, 3.8) is 0 Å². The summed E-state index contributed by atoms with van der Waals surface area (Å²) in [6.07, 6.45) is 4.30. The van der Waals surface area contributed by atoms with E-state index < -0.39 is 0 Å². The molecular weight excluding hydrogens is 176 g/mol. The number of azide groups is 1. The van der Waals surface area contributed by atoms with Crippen LogP contribution in [0.2, 0.25) is 0 Å². The maximum Gasteiger partial charge on any atom is 0.0524 e. The first-order valence-corrected chi connectivity index (χ1v) is 5.57. The molecule has 0 saturated heterocycles. The molecule has 4 nitrogen and oxygen atoms in total. The minimum atomic E-state index is 0.0989.